The molecule has 1 aromatic rings. The van der Waals surface area contributed by atoms with Gasteiger partial charge < -0.3 is 10.1 Å². The van der Waals surface area contributed by atoms with E-state index in [0.717, 1.165) is 6.26 Å². The lowest BCUT2D eigenvalue weighted by Crippen LogP contribution is -2.28. The number of benzene rings is 1. The van der Waals surface area contributed by atoms with Crippen molar-refractivity contribution in [3.63, 3.8) is 0 Å². The molecule has 1 amide bonds. The molecule has 0 spiro atoms. The third kappa shape index (κ3) is 6.58. The van der Waals surface area contributed by atoms with Crippen LogP contribution in [0.3, 0.4) is 0 Å². The zero-order valence-electron chi connectivity index (χ0n) is 11.1. The van der Waals surface area contributed by atoms with Gasteiger partial charge in [0.15, 0.2) is 9.84 Å². The van der Waals surface area contributed by atoms with Crippen LogP contribution in [0.2, 0.25) is 0 Å². The Morgan fingerprint density at radius 1 is 1.24 bits per heavy atom. The zero-order valence-corrected chi connectivity index (χ0v) is 11.9. The number of rotatable bonds is 6. The predicted octanol–water partition coefficient (Wildman–Crippen LogP) is 1.40. The van der Waals surface area contributed by atoms with Crippen molar-refractivity contribution in [1.29, 1.82) is 0 Å². The summed E-state index contributed by atoms with van der Waals surface area (Å²) >= 11 is 0. The van der Waals surface area contributed by atoms with Gasteiger partial charge in [0.05, 0.1) is 11.5 Å². The van der Waals surface area contributed by atoms with Crippen LogP contribution in [0.4, 0.5) is 13.2 Å². The summed E-state index contributed by atoms with van der Waals surface area (Å²) < 4.78 is 62.1. The fourth-order valence-electron chi connectivity index (χ4n) is 1.38. The van der Waals surface area contributed by atoms with Gasteiger partial charge in [0.2, 0.25) is 0 Å². The molecule has 21 heavy (non-hydrogen) atoms. The summed E-state index contributed by atoms with van der Waals surface area (Å²) in [6.07, 6.45) is -3.36. The molecule has 0 fully saturated rings. The molecule has 5 nitrogen and oxygen atoms in total. The molecule has 0 aliphatic rings. The van der Waals surface area contributed by atoms with Gasteiger partial charge >= 0.3 is 6.18 Å². The van der Waals surface area contributed by atoms with Crippen molar-refractivity contribution in [3.8, 4) is 0 Å². The first-order chi connectivity index (χ1) is 9.59. The molecule has 9 heteroatoms. The van der Waals surface area contributed by atoms with E-state index in [2.05, 4.69) is 10.1 Å². The number of hydrogen-bond acceptors (Lipinski definition) is 4. The Kier molecular flexibility index (Phi) is 5.73. The van der Waals surface area contributed by atoms with Crippen molar-refractivity contribution in [3.05, 3.63) is 29.8 Å². The van der Waals surface area contributed by atoms with Crippen molar-refractivity contribution in [2.75, 3.05) is 26.0 Å². The van der Waals surface area contributed by atoms with Crippen LogP contribution in [-0.4, -0.2) is 46.5 Å². The summed E-state index contributed by atoms with van der Waals surface area (Å²) in [5.74, 6) is -0.523. The largest absolute Gasteiger partial charge is 0.411 e. The molecule has 0 aromatic heterocycles. The normalized spacial score (nSPS) is 12.2. The molecule has 1 rings (SSSR count). The van der Waals surface area contributed by atoms with Gasteiger partial charge in [-0.25, -0.2) is 8.42 Å². The molecule has 0 radical (unpaired) electrons. The number of carbonyl (C=O) groups is 1. The molecule has 0 unspecified atom stereocenters. The van der Waals surface area contributed by atoms with E-state index in [1.807, 2.05) is 0 Å². The minimum absolute atomic E-state index is 0.0764. The van der Waals surface area contributed by atoms with Crippen LogP contribution < -0.4 is 5.32 Å². The minimum atomic E-state index is -4.40. The molecule has 0 heterocycles. The van der Waals surface area contributed by atoms with E-state index in [0.29, 0.717) is 0 Å². The zero-order chi connectivity index (χ0) is 16.1. The highest BCUT2D eigenvalue weighted by molar-refractivity contribution is 7.90. The number of hydrogen-bond donors (Lipinski definition) is 1. The van der Waals surface area contributed by atoms with Gasteiger partial charge in [0, 0.05) is 18.4 Å². The summed E-state index contributed by atoms with van der Waals surface area (Å²) in [5.41, 5.74) is 0.207. The highest BCUT2D eigenvalue weighted by atomic mass is 32.2. The van der Waals surface area contributed by atoms with Gasteiger partial charge in [-0.2, -0.15) is 13.2 Å². The van der Waals surface area contributed by atoms with E-state index in [9.17, 15) is 26.4 Å². The minimum Gasteiger partial charge on any atom is -0.370 e. The fourth-order valence-corrected chi connectivity index (χ4v) is 2.01. The van der Waals surface area contributed by atoms with Crippen LogP contribution in [0, 0.1) is 0 Å². The molecule has 0 aliphatic heterocycles. The molecule has 0 saturated carbocycles. The predicted molar refractivity (Wildman–Crippen MR) is 68.8 cm³/mol. The Hall–Kier alpha value is -1.61. The number of ether oxygens (including phenoxy) is 1. The lowest BCUT2D eigenvalue weighted by Gasteiger charge is -2.08. The first-order valence-electron chi connectivity index (χ1n) is 5.82. The third-order valence-corrected chi connectivity index (χ3v) is 3.47. The van der Waals surface area contributed by atoms with Gasteiger partial charge in [-0.3, -0.25) is 4.79 Å². The molecule has 1 aromatic carbocycles. The van der Waals surface area contributed by atoms with Crippen LogP contribution in [0.1, 0.15) is 10.4 Å². The molecular formula is C12H14F3NO4S. The molecule has 0 saturated heterocycles. The molecule has 0 aliphatic carbocycles. The van der Waals surface area contributed by atoms with E-state index in [1.54, 1.807) is 0 Å². The highest BCUT2D eigenvalue weighted by Gasteiger charge is 2.27. The summed E-state index contributed by atoms with van der Waals surface area (Å²) in [4.78, 5) is 11.7. The van der Waals surface area contributed by atoms with Crippen molar-refractivity contribution < 1.29 is 31.1 Å². The van der Waals surface area contributed by atoms with Crippen LogP contribution in [0.5, 0.6) is 0 Å². The number of nitrogens with one attached hydrogen (secondary N) is 1. The lowest BCUT2D eigenvalue weighted by molar-refractivity contribution is -0.173. The highest BCUT2D eigenvalue weighted by Crippen LogP contribution is 2.14. The maximum absolute atomic E-state index is 11.8. The van der Waals surface area contributed by atoms with Crippen LogP contribution in [0.15, 0.2) is 29.2 Å². The number of sulfone groups is 1. The molecule has 118 valence electrons. The first kappa shape index (κ1) is 17.4. The summed E-state index contributed by atoms with van der Waals surface area (Å²) in [5, 5.41) is 2.36. The monoisotopic (exact) mass is 325 g/mol. The van der Waals surface area contributed by atoms with Gasteiger partial charge in [-0.05, 0) is 24.3 Å². The smallest absolute Gasteiger partial charge is 0.370 e. The average Bonchev–Trinajstić information content (AvgIpc) is 2.36. The van der Waals surface area contributed by atoms with E-state index in [-0.39, 0.29) is 23.6 Å². The van der Waals surface area contributed by atoms with Crippen molar-refractivity contribution in [2.45, 2.75) is 11.1 Å². The number of alkyl halides is 3. The summed E-state index contributed by atoms with van der Waals surface area (Å²) in [6.45, 7) is -1.72. The van der Waals surface area contributed by atoms with Gasteiger partial charge in [-0.15, -0.1) is 0 Å². The number of halogens is 3. The Labute approximate surface area is 120 Å². The maximum atomic E-state index is 11.8. The van der Waals surface area contributed by atoms with Gasteiger partial charge in [0.25, 0.3) is 5.91 Å². The third-order valence-electron chi connectivity index (χ3n) is 2.34. The van der Waals surface area contributed by atoms with Crippen molar-refractivity contribution >= 4 is 15.7 Å². The topological polar surface area (TPSA) is 72.5 Å². The first-order valence-corrected chi connectivity index (χ1v) is 7.71. The fraction of sp³-hybridized carbons (Fsp3) is 0.417. The Morgan fingerprint density at radius 2 is 1.81 bits per heavy atom. The number of carbonyl (C=O) groups excluding carboxylic acids is 1. The van der Waals surface area contributed by atoms with Gasteiger partial charge in [-0.1, -0.05) is 0 Å². The van der Waals surface area contributed by atoms with E-state index >= 15 is 0 Å². The van der Waals surface area contributed by atoms with E-state index in [1.165, 1.54) is 24.3 Å². The van der Waals surface area contributed by atoms with Crippen molar-refractivity contribution in [2.24, 2.45) is 0 Å². The van der Waals surface area contributed by atoms with Gasteiger partial charge in [0.1, 0.15) is 6.61 Å². The lowest BCUT2D eigenvalue weighted by atomic mass is 10.2. The molecule has 0 bridgehead atoms. The maximum Gasteiger partial charge on any atom is 0.411 e. The SMILES string of the molecule is CS(=O)(=O)c1ccc(C(=O)NCCOCC(F)(F)F)cc1. The molecule has 0 atom stereocenters. The molecule has 1 N–H and O–H groups in total. The second-order valence-corrected chi connectivity index (χ2v) is 6.24. The van der Waals surface area contributed by atoms with Crippen LogP contribution >= 0.6 is 0 Å². The number of amides is 1. The second-order valence-electron chi connectivity index (χ2n) is 4.22. The van der Waals surface area contributed by atoms with Crippen molar-refractivity contribution in [1.82, 2.24) is 5.32 Å². The van der Waals surface area contributed by atoms with E-state index < -0.39 is 28.5 Å². The Morgan fingerprint density at radius 3 is 2.29 bits per heavy atom. The Balaban J connectivity index is 2.43. The summed E-state index contributed by atoms with van der Waals surface area (Å²) in [7, 11) is -3.34. The molecular weight excluding hydrogens is 311 g/mol. The Bertz CT molecular complexity index is 582. The van der Waals surface area contributed by atoms with Crippen LogP contribution in [-0.2, 0) is 14.6 Å². The second kappa shape index (κ2) is 6.90. The summed E-state index contributed by atoms with van der Waals surface area (Å²) in [6, 6.07) is 5.21. The standard InChI is InChI=1S/C12H14F3NO4S/c1-21(18,19)10-4-2-9(3-5-10)11(17)16-6-7-20-8-12(13,14)15/h2-5H,6-8H2,1H3,(H,16,17). The van der Waals surface area contributed by atoms with Crippen LogP contribution in [0.25, 0.3) is 0 Å². The average molecular weight is 325 g/mol. The van der Waals surface area contributed by atoms with E-state index in [4.69, 9.17) is 0 Å². The quantitative estimate of drug-likeness (QED) is 0.803.